The van der Waals surface area contributed by atoms with Crippen LogP contribution in [0.4, 0.5) is 5.82 Å². The van der Waals surface area contributed by atoms with Crippen molar-refractivity contribution in [2.75, 3.05) is 18.0 Å². The van der Waals surface area contributed by atoms with Crippen LogP contribution in [-0.2, 0) is 6.54 Å². The molecule has 0 spiro atoms. The van der Waals surface area contributed by atoms with Crippen LogP contribution in [0.2, 0.25) is 0 Å². The first-order valence-electron chi connectivity index (χ1n) is 4.05. The smallest absolute Gasteiger partial charge is 0.147 e. The van der Waals surface area contributed by atoms with E-state index in [0.717, 1.165) is 19.6 Å². The zero-order valence-electron chi connectivity index (χ0n) is 6.69. The third-order valence-electron chi connectivity index (χ3n) is 2.08. The Hall–Kier alpha value is -1.06. The summed E-state index contributed by atoms with van der Waals surface area (Å²) in [5, 5.41) is 7.83. The summed E-state index contributed by atoms with van der Waals surface area (Å²) >= 11 is 0. The van der Waals surface area contributed by atoms with E-state index in [-0.39, 0.29) is 0 Å². The van der Waals surface area contributed by atoms with Crippen LogP contribution in [-0.4, -0.2) is 28.1 Å². The van der Waals surface area contributed by atoms with E-state index in [1.54, 1.807) is 0 Å². The molecule has 0 radical (unpaired) electrons. The van der Waals surface area contributed by atoms with Crippen molar-refractivity contribution in [1.82, 2.24) is 15.0 Å². The molecule has 0 N–H and O–H groups in total. The molecule has 0 amide bonds. The minimum absolute atomic E-state index is 0.909. The predicted octanol–water partition coefficient (Wildman–Crippen LogP) is 0.508. The third kappa shape index (κ3) is 0.982. The van der Waals surface area contributed by atoms with Gasteiger partial charge in [-0.25, -0.2) is 4.68 Å². The first-order chi connectivity index (χ1) is 5.42. The topological polar surface area (TPSA) is 34.0 Å². The second-order valence-corrected chi connectivity index (χ2v) is 2.75. The Bertz CT molecular complexity index is 238. The van der Waals surface area contributed by atoms with E-state index in [2.05, 4.69) is 22.1 Å². The van der Waals surface area contributed by atoms with Crippen LogP contribution in [0.1, 0.15) is 13.3 Å². The number of nitrogens with zero attached hydrogens (tertiary/aromatic N) is 4. The highest BCUT2D eigenvalue weighted by Gasteiger charge is 2.17. The van der Waals surface area contributed by atoms with Crippen molar-refractivity contribution in [1.29, 1.82) is 0 Å². The summed E-state index contributed by atoms with van der Waals surface area (Å²) in [5.74, 6) is 1.17. The van der Waals surface area contributed by atoms with Crippen LogP contribution in [0.3, 0.4) is 0 Å². The summed E-state index contributed by atoms with van der Waals surface area (Å²) in [6.45, 7) is 5.31. The molecule has 4 nitrogen and oxygen atoms in total. The highest BCUT2D eigenvalue weighted by molar-refractivity contribution is 5.38. The first kappa shape index (κ1) is 6.64. The number of rotatable bonds is 2. The molecular weight excluding hydrogens is 140 g/mol. The summed E-state index contributed by atoms with van der Waals surface area (Å²) in [5.41, 5.74) is 0. The molecular formula is C7H12N4. The molecule has 2 rings (SSSR count). The molecule has 0 saturated carbocycles. The van der Waals surface area contributed by atoms with E-state index in [4.69, 9.17) is 0 Å². The van der Waals surface area contributed by atoms with Crippen LogP contribution >= 0.6 is 0 Å². The molecule has 1 aliphatic rings. The lowest BCUT2D eigenvalue weighted by atomic mass is 10.2. The van der Waals surface area contributed by atoms with E-state index in [0.29, 0.717) is 0 Å². The average Bonchev–Trinajstić information content (AvgIpc) is 2.32. The van der Waals surface area contributed by atoms with Gasteiger partial charge in [0.2, 0.25) is 0 Å². The standard InChI is InChI=1S/C7H12N4/c1-2-11-7(6-8-9-11)10-4-3-5-10/h6H,2-5H2,1H3. The molecule has 1 aliphatic heterocycles. The van der Waals surface area contributed by atoms with Gasteiger partial charge in [0, 0.05) is 19.6 Å². The van der Waals surface area contributed by atoms with Gasteiger partial charge in [-0.1, -0.05) is 5.21 Å². The Kier molecular flexibility index (Phi) is 1.52. The van der Waals surface area contributed by atoms with Crippen LogP contribution in [0.15, 0.2) is 6.20 Å². The number of hydrogen-bond acceptors (Lipinski definition) is 3. The molecule has 0 atom stereocenters. The molecule has 2 heterocycles. The Morgan fingerprint density at radius 3 is 2.91 bits per heavy atom. The van der Waals surface area contributed by atoms with Gasteiger partial charge in [0.1, 0.15) is 5.82 Å². The molecule has 60 valence electrons. The maximum Gasteiger partial charge on any atom is 0.147 e. The molecule has 0 bridgehead atoms. The second kappa shape index (κ2) is 2.53. The molecule has 0 unspecified atom stereocenters. The zero-order valence-corrected chi connectivity index (χ0v) is 6.69. The monoisotopic (exact) mass is 152 g/mol. The van der Waals surface area contributed by atoms with E-state index >= 15 is 0 Å². The van der Waals surface area contributed by atoms with Gasteiger partial charge in [-0.3, -0.25) is 0 Å². The molecule has 1 saturated heterocycles. The zero-order chi connectivity index (χ0) is 7.68. The number of aryl methyl sites for hydroxylation is 1. The largest absolute Gasteiger partial charge is 0.355 e. The van der Waals surface area contributed by atoms with Crippen molar-refractivity contribution in [3.63, 3.8) is 0 Å². The third-order valence-corrected chi connectivity index (χ3v) is 2.08. The van der Waals surface area contributed by atoms with Crippen molar-refractivity contribution < 1.29 is 0 Å². The quantitative estimate of drug-likeness (QED) is 0.619. The van der Waals surface area contributed by atoms with E-state index in [1.807, 2.05) is 10.9 Å². The minimum Gasteiger partial charge on any atom is -0.355 e. The van der Waals surface area contributed by atoms with Crippen molar-refractivity contribution in [2.24, 2.45) is 0 Å². The van der Waals surface area contributed by atoms with Crippen LogP contribution in [0.25, 0.3) is 0 Å². The summed E-state index contributed by atoms with van der Waals surface area (Å²) in [7, 11) is 0. The molecule has 4 heteroatoms. The summed E-state index contributed by atoms with van der Waals surface area (Å²) in [6, 6.07) is 0. The van der Waals surface area contributed by atoms with Gasteiger partial charge in [-0.2, -0.15) is 0 Å². The highest BCUT2D eigenvalue weighted by Crippen LogP contribution is 2.17. The summed E-state index contributed by atoms with van der Waals surface area (Å²) in [6.07, 6.45) is 3.14. The van der Waals surface area contributed by atoms with Gasteiger partial charge in [0.15, 0.2) is 0 Å². The van der Waals surface area contributed by atoms with E-state index < -0.39 is 0 Å². The Morgan fingerprint density at radius 2 is 2.36 bits per heavy atom. The van der Waals surface area contributed by atoms with Crippen molar-refractivity contribution >= 4 is 5.82 Å². The maximum atomic E-state index is 3.96. The van der Waals surface area contributed by atoms with E-state index in [1.165, 1.54) is 12.2 Å². The Balaban J connectivity index is 2.20. The fourth-order valence-corrected chi connectivity index (χ4v) is 1.27. The normalized spacial score (nSPS) is 16.6. The fourth-order valence-electron chi connectivity index (χ4n) is 1.27. The minimum atomic E-state index is 0.909. The van der Waals surface area contributed by atoms with Gasteiger partial charge >= 0.3 is 0 Å². The molecule has 0 aliphatic carbocycles. The predicted molar refractivity (Wildman–Crippen MR) is 42.5 cm³/mol. The van der Waals surface area contributed by atoms with Crippen LogP contribution < -0.4 is 4.90 Å². The lowest BCUT2D eigenvalue weighted by Gasteiger charge is -2.32. The van der Waals surface area contributed by atoms with Gasteiger partial charge in [-0.05, 0) is 13.3 Å². The molecule has 1 aromatic rings. The van der Waals surface area contributed by atoms with Crippen molar-refractivity contribution in [3.8, 4) is 0 Å². The Morgan fingerprint density at radius 1 is 1.55 bits per heavy atom. The SMILES string of the molecule is CCn1nncc1N1CCC1. The summed E-state index contributed by atoms with van der Waals surface area (Å²) in [4.78, 5) is 2.30. The highest BCUT2D eigenvalue weighted by atomic mass is 15.5. The number of hydrogen-bond donors (Lipinski definition) is 0. The molecule has 11 heavy (non-hydrogen) atoms. The van der Waals surface area contributed by atoms with Crippen molar-refractivity contribution in [2.45, 2.75) is 19.9 Å². The van der Waals surface area contributed by atoms with Gasteiger partial charge in [0.05, 0.1) is 6.20 Å². The first-order valence-corrected chi connectivity index (χ1v) is 4.05. The molecule has 0 aromatic carbocycles. The van der Waals surface area contributed by atoms with Gasteiger partial charge < -0.3 is 4.90 Å². The lowest BCUT2D eigenvalue weighted by Crippen LogP contribution is -2.38. The Labute approximate surface area is 65.8 Å². The molecule has 1 fully saturated rings. The van der Waals surface area contributed by atoms with Gasteiger partial charge in [0.25, 0.3) is 0 Å². The van der Waals surface area contributed by atoms with Gasteiger partial charge in [-0.15, -0.1) is 5.10 Å². The second-order valence-electron chi connectivity index (χ2n) is 2.75. The van der Waals surface area contributed by atoms with E-state index in [9.17, 15) is 0 Å². The maximum absolute atomic E-state index is 3.96. The summed E-state index contributed by atoms with van der Waals surface area (Å²) < 4.78 is 1.93. The lowest BCUT2D eigenvalue weighted by molar-refractivity contribution is 0.558. The molecule has 1 aromatic heterocycles. The van der Waals surface area contributed by atoms with Crippen LogP contribution in [0, 0.1) is 0 Å². The number of aromatic nitrogens is 3. The van der Waals surface area contributed by atoms with Crippen molar-refractivity contribution in [3.05, 3.63) is 6.20 Å². The average molecular weight is 152 g/mol. The number of anilines is 1. The fraction of sp³-hybridized carbons (Fsp3) is 0.714. The van der Waals surface area contributed by atoms with Crippen LogP contribution in [0.5, 0.6) is 0 Å².